The zero-order chi connectivity index (χ0) is 13.7. The van der Waals surface area contributed by atoms with Gasteiger partial charge in [-0.15, -0.1) is 0 Å². The fourth-order valence-corrected chi connectivity index (χ4v) is 1.15. The molecule has 4 N–H and O–H groups in total. The van der Waals surface area contributed by atoms with Crippen LogP contribution in [0.3, 0.4) is 0 Å². The summed E-state index contributed by atoms with van der Waals surface area (Å²) in [7, 11) is 0. The molecule has 0 aliphatic rings. The smallest absolute Gasteiger partial charge is 0.339 e. The van der Waals surface area contributed by atoms with Crippen LogP contribution in [0, 0.1) is 0 Å². The van der Waals surface area contributed by atoms with E-state index in [1.165, 1.54) is 24.3 Å². The van der Waals surface area contributed by atoms with Crippen molar-refractivity contribution in [1.82, 2.24) is 0 Å². The molecule has 0 heterocycles. The van der Waals surface area contributed by atoms with Crippen molar-refractivity contribution in [2.24, 2.45) is 0 Å². The van der Waals surface area contributed by atoms with Gasteiger partial charge in [-0.25, -0.2) is 9.59 Å². The first-order valence-electron chi connectivity index (χ1n) is 4.72. The Balaban J connectivity index is 2.65. The molecule has 98 valence electrons. The number of anilines is 1. The van der Waals surface area contributed by atoms with Gasteiger partial charge in [0.25, 0.3) is 0 Å². The Morgan fingerprint density at radius 2 is 1.72 bits per heavy atom. The van der Waals surface area contributed by atoms with Crippen LogP contribution in [0.5, 0.6) is 0 Å². The van der Waals surface area contributed by atoms with Crippen LogP contribution in [0.25, 0.3) is 0 Å². The second-order valence-corrected chi connectivity index (χ2v) is 3.71. The van der Waals surface area contributed by atoms with Gasteiger partial charge in [-0.1, -0.05) is 11.6 Å². The van der Waals surface area contributed by atoms with E-state index in [0.717, 1.165) is 0 Å². The maximum absolute atomic E-state index is 10.7. The van der Waals surface area contributed by atoms with Crippen molar-refractivity contribution in [3.05, 3.63) is 29.3 Å². The molecule has 0 amide bonds. The minimum absolute atomic E-state index is 0.364. The van der Waals surface area contributed by atoms with Crippen molar-refractivity contribution in [2.45, 2.75) is 12.2 Å². The topological polar surface area (TPSA) is 116 Å². The highest BCUT2D eigenvalue weighted by molar-refractivity contribution is 6.30. The highest BCUT2D eigenvalue weighted by Crippen LogP contribution is 2.14. The Kier molecular flexibility index (Phi) is 4.90. The zero-order valence-corrected chi connectivity index (χ0v) is 9.66. The van der Waals surface area contributed by atoms with Gasteiger partial charge >= 0.3 is 11.9 Å². The number of benzene rings is 1. The third-order valence-electron chi connectivity index (χ3n) is 1.93. The molecule has 0 saturated carbocycles. The van der Waals surface area contributed by atoms with E-state index in [-0.39, 0.29) is 0 Å². The quantitative estimate of drug-likeness (QED) is 0.561. The molecule has 2 unspecified atom stereocenters. The Morgan fingerprint density at radius 3 is 2.17 bits per heavy atom. The van der Waals surface area contributed by atoms with Gasteiger partial charge in [0.1, 0.15) is 0 Å². The lowest BCUT2D eigenvalue weighted by molar-refractivity contribution is -0.168. The molecule has 2 atom stereocenters. The largest absolute Gasteiger partial charge is 0.479 e. The molecule has 0 radical (unpaired) electrons. The number of hydrogen-bond acceptors (Lipinski definition) is 5. The first-order valence-corrected chi connectivity index (χ1v) is 5.10. The highest BCUT2D eigenvalue weighted by Gasteiger charge is 2.33. The summed E-state index contributed by atoms with van der Waals surface area (Å²) in [5.74, 6) is -3.30. The van der Waals surface area contributed by atoms with Crippen LogP contribution < -0.4 is 5.48 Å². The molecule has 0 aliphatic heterocycles. The molecule has 0 fully saturated rings. The Labute approximate surface area is 107 Å². The summed E-state index contributed by atoms with van der Waals surface area (Å²) >= 11 is 5.64. The molecule has 0 aliphatic carbocycles. The predicted octanol–water partition coefficient (Wildman–Crippen LogP) is 0.582. The number of carboxylic acids is 2. The van der Waals surface area contributed by atoms with E-state index >= 15 is 0 Å². The van der Waals surface area contributed by atoms with Gasteiger partial charge in [0.2, 0.25) is 6.10 Å². The maximum Gasteiger partial charge on any atom is 0.339 e. The Bertz CT molecular complexity index is 434. The predicted molar refractivity (Wildman–Crippen MR) is 61.2 cm³/mol. The molecular weight excluding hydrogens is 266 g/mol. The lowest BCUT2D eigenvalue weighted by atomic mass is 10.2. The van der Waals surface area contributed by atoms with Crippen molar-refractivity contribution in [3.63, 3.8) is 0 Å². The van der Waals surface area contributed by atoms with Gasteiger partial charge in [0, 0.05) is 5.02 Å². The average molecular weight is 276 g/mol. The second-order valence-electron chi connectivity index (χ2n) is 3.27. The molecular formula is C10H10ClNO6. The van der Waals surface area contributed by atoms with Crippen molar-refractivity contribution in [1.29, 1.82) is 0 Å². The second kappa shape index (κ2) is 6.20. The van der Waals surface area contributed by atoms with Crippen LogP contribution in [0.15, 0.2) is 24.3 Å². The van der Waals surface area contributed by atoms with E-state index in [0.29, 0.717) is 10.7 Å². The minimum Gasteiger partial charge on any atom is -0.479 e. The summed E-state index contributed by atoms with van der Waals surface area (Å²) in [5, 5.41) is 26.8. The molecule has 1 aromatic rings. The van der Waals surface area contributed by atoms with Crippen LogP contribution in [0.2, 0.25) is 5.02 Å². The van der Waals surface area contributed by atoms with E-state index in [1.807, 2.05) is 0 Å². The number of carbonyl (C=O) groups is 2. The van der Waals surface area contributed by atoms with Gasteiger partial charge in [0.05, 0.1) is 5.69 Å². The van der Waals surface area contributed by atoms with E-state index in [1.54, 1.807) is 0 Å². The summed E-state index contributed by atoms with van der Waals surface area (Å²) in [6, 6.07) is 6.04. The lowest BCUT2D eigenvalue weighted by Crippen LogP contribution is -2.42. The van der Waals surface area contributed by atoms with E-state index in [2.05, 4.69) is 10.3 Å². The van der Waals surface area contributed by atoms with Crippen LogP contribution >= 0.6 is 11.6 Å². The molecule has 1 rings (SSSR count). The molecule has 1 aromatic carbocycles. The number of carboxylic acid groups (broad SMARTS) is 2. The van der Waals surface area contributed by atoms with Gasteiger partial charge in [-0.3, -0.25) is 10.3 Å². The van der Waals surface area contributed by atoms with Crippen LogP contribution in [-0.2, 0) is 14.4 Å². The van der Waals surface area contributed by atoms with Crippen molar-refractivity contribution in [3.8, 4) is 0 Å². The van der Waals surface area contributed by atoms with Gasteiger partial charge in [-0.05, 0) is 24.3 Å². The average Bonchev–Trinajstić information content (AvgIpc) is 2.31. The number of aliphatic hydroxyl groups is 1. The minimum atomic E-state index is -2.18. The maximum atomic E-state index is 10.7. The lowest BCUT2D eigenvalue weighted by Gasteiger charge is -2.16. The fraction of sp³-hybridized carbons (Fsp3) is 0.200. The Morgan fingerprint density at radius 1 is 1.17 bits per heavy atom. The first kappa shape index (κ1) is 14.2. The van der Waals surface area contributed by atoms with Crippen molar-refractivity contribution < 1.29 is 29.7 Å². The number of aliphatic carboxylic acids is 2. The number of aliphatic hydroxyl groups excluding tert-OH is 1. The normalized spacial score (nSPS) is 13.7. The van der Waals surface area contributed by atoms with Crippen LogP contribution in [0.4, 0.5) is 5.69 Å². The van der Waals surface area contributed by atoms with Crippen molar-refractivity contribution in [2.75, 3.05) is 5.48 Å². The van der Waals surface area contributed by atoms with Gasteiger partial charge in [0.15, 0.2) is 6.10 Å². The molecule has 0 bridgehead atoms. The summed E-state index contributed by atoms with van der Waals surface area (Å²) in [6.07, 6.45) is -4.11. The molecule has 0 aromatic heterocycles. The monoisotopic (exact) mass is 275 g/mol. The summed E-state index contributed by atoms with van der Waals surface area (Å²) in [6.45, 7) is 0. The SMILES string of the molecule is O=C(O)C(O)C(ONc1ccc(Cl)cc1)C(=O)O. The molecule has 0 spiro atoms. The molecule has 18 heavy (non-hydrogen) atoms. The first-order chi connectivity index (χ1) is 8.41. The zero-order valence-electron chi connectivity index (χ0n) is 8.91. The summed E-state index contributed by atoms with van der Waals surface area (Å²) in [5.41, 5.74) is 2.59. The van der Waals surface area contributed by atoms with E-state index in [4.69, 9.17) is 26.9 Å². The standard InChI is InChI=1S/C10H10ClNO6/c11-5-1-3-6(4-2-5)12-18-8(10(16)17)7(13)9(14)15/h1-4,7-8,12-13H,(H,14,15)(H,16,17). The van der Waals surface area contributed by atoms with E-state index in [9.17, 15) is 9.59 Å². The number of rotatable bonds is 6. The fourth-order valence-electron chi connectivity index (χ4n) is 1.03. The van der Waals surface area contributed by atoms with Gasteiger partial charge in [-0.2, -0.15) is 0 Å². The number of halogens is 1. The summed E-state index contributed by atoms with van der Waals surface area (Å²) < 4.78 is 0. The van der Waals surface area contributed by atoms with Crippen LogP contribution in [0.1, 0.15) is 0 Å². The number of hydrogen-bond donors (Lipinski definition) is 4. The third-order valence-corrected chi connectivity index (χ3v) is 2.18. The number of nitrogens with one attached hydrogen (secondary N) is 1. The molecule has 7 nitrogen and oxygen atoms in total. The Hall–Kier alpha value is -1.83. The molecule has 8 heteroatoms. The van der Waals surface area contributed by atoms with Crippen LogP contribution in [-0.4, -0.2) is 39.5 Å². The molecule has 0 saturated heterocycles. The third kappa shape index (κ3) is 3.88. The highest BCUT2D eigenvalue weighted by atomic mass is 35.5. The van der Waals surface area contributed by atoms with Crippen molar-refractivity contribution >= 4 is 29.2 Å². The summed E-state index contributed by atoms with van der Waals surface area (Å²) in [4.78, 5) is 25.8. The van der Waals surface area contributed by atoms with E-state index < -0.39 is 24.1 Å². The van der Waals surface area contributed by atoms with Gasteiger partial charge < -0.3 is 15.3 Å².